The number of hydrogen-bond donors (Lipinski definition) is 2. The van der Waals surface area contributed by atoms with Gasteiger partial charge >= 0.3 is 0 Å². The number of hydrogen-bond acceptors (Lipinski definition) is 3. The molecule has 0 aromatic heterocycles. The van der Waals surface area contributed by atoms with Crippen LogP contribution in [0.3, 0.4) is 0 Å². The number of ketones is 1. The fraction of sp³-hybridized carbons (Fsp3) is 0.350. The molecule has 0 spiro atoms. The van der Waals surface area contributed by atoms with Crippen LogP contribution in [0.1, 0.15) is 42.1 Å². The average molecular weight is 313 g/mol. The molecular formula is C20H27NO2. The summed E-state index contributed by atoms with van der Waals surface area (Å²) in [4.78, 5) is 11.8. The molecule has 2 N–H and O–H groups in total. The van der Waals surface area contributed by atoms with E-state index in [1.807, 2.05) is 60.7 Å². The highest BCUT2D eigenvalue weighted by Gasteiger charge is 2.06. The number of carbonyl (C=O) groups is 1. The number of aliphatic hydroxyl groups is 1. The van der Waals surface area contributed by atoms with Crippen molar-refractivity contribution in [2.75, 3.05) is 19.7 Å². The van der Waals surface area contributed by atoms with Crippen LogP contribution in [0.5, 0.6) is 0 Å². The molecule has 1 aliphatic heterocycles. The zero-order chi connectivity index (χ0) is 16.8. The van der Waals surface area contributed by atoms with Gasteiger partial charge in [-0.15, -0.1) is 0 Å². The van der Waals surface area contributed by atoms with Crippen LogP contribution in [-0.2, 0) is 0 Å². The Morgan fingerprint density at radius 2 is 1.26 bits per heavy atom. The molecule has 0 saturated carbocycles. The molecule has 0 unspecified atom stereocenters. The minimum absolute atomic E-state index is 0.0752. The monoisotopic (exact) mass is 313 g/mol. The van der Waals surface area contributed by atoms with E-state index in [-0.39, 0.29) is 12.4 Å². The maximum atomic E-state index is 11.8. The van der Waals surface area contributed by atoms with Crippen molar-refractivity contribution in [2.45, 2.75) is 26.2 Å². The Morgan fingerprint density at radius 3 is 1.52 bits per heavy atom. The van der Waals surface area contributed by atoms with Gasteiger partial charge in [-0.1, -0.05) is 67.1 Å². The highest BCUT2D eigenvalue weighted by atomic mass is 16.2. The lowest BCUT2D eigenvalue weighted by molar-refractivity contribution is 0.103. The van der Waals surface area contributed by atoms with E-state index in [0.29, 0.717) is 0 Å². The molecule has 124 valence electrons. The lowest BCUT2D eigenvalue weighted by Crippen LogP contribution is -2.21. The average Bonchev–Trinajstić information content (AvgIpc) is 2.65. The van der Waals surface area contributed by atoms with Gasteiger partial charge in [-0.2, -0.15) is 0 Å². The predicted octanol–water partition coefficient (Wildman–Crippen LogP) is 3.68. The van der Waals surface area contributed by atoms with Crippen molar-refractivity contribution in [3.63, 3.8) is 0 Å². The molecule has 0 bridgehead atoms. The first kappa shape index (κ1) is 19.1. The second-order valence-electron chi connectivity index (χ2n) is 5.19. The van der Waals surface area contributed by atoms with Gasteiger partial charge in [-0.05, 0) is 32.9 Å². The number of carbonyl (C=O) groups excluding carboxylic acids is 1. The predicted molar refractivity (Wildman–Crippen MR) is 95.8 cm³/mol. The van der Waals surface area contributed by atoms with E-state index >= 15 is 0 Å². The van der Waals surface area contributed by atoms with Gasteiger partial charge < -0.3 is 10.4 Å². The number of nitrogens with one attached hydrogen (secondary N) is 1. The summed E-state index contributed by atoms with van der Waals surface area (Å²) in [6, 6.07) is 18.6. The second-order valence-corrected chi connectivity index (χ2v) is 5.19. The Morgan fingerprint density at radius 1 is 0.870 bits per heavy atom. The molecule has 3 rings (SSSR count). The standard InChI is InChI=1S/C13H10O.C5H11N.C2H6O/c14-13(11-7-3-1-4-8-11)12-9-5-2-6-10-12;1-2-4-6-5-3-1;1-2-3/h1-10H;6H,1-5H2;3H,2H2,1H3. The number of rotatable bonds is 2. The van der Waals surface area contributed by atoms with Gasteiger partial charge in [0.05, 0.1) is 0 Å². The smallest absolute Gasteiger partial charge is 0.193 e. The third-order valence-electron chi connectivity index (χ3n) is 3.28. The summed E-state index contributed by atoms with van der Waals surface area (Å²) in [5, 5.41) is 10.9. The van der Waals surface area contributed by atoms with Crippen LogP contribution in [0.15, 0.2) is 60.7 Å². The van der Waals surface area contributed by atoms with Gasteiger partial charge in [-0.3, -0.25) is 4.79 Å². The van der Waals surface area contributed by atoms with Crippen molar-refractivity contribution in [1.29, 1.82) is 0 Å². The van der Waals surface area contributed by atoms with Crippen molar-refractivity contribution < 1.29 is 9.90 Å². The third-order valence-corrected chi connectivity index (χ3v) is 3.28. The van der Waals surface area contributed by atoms with Crippen LogP contribution in [0, 0.1) is 0 Å². The summed E-state index contributed by atoms with van der Waals surface area (Å²) >= 11 is 0. The summed E-state index contributed by atoms with van der Waals surface area (Å²) in [6.45, 7) is 4.43. The van der Waals surface area contributed by atoms with E-state index in [9.17, 15) is 4.79 Å². The van der Waals surface area contributed by atoms with Crippen LogP contribution >= 0.6 is 0 Å². The quantitative estimate of drug-likeness (QED) is 0.832. The fourth-order valence-electron chi connectivity index (χ4n) is 2.15. The van der Waals surface area contributed by atoms with Crippen molar-refractivity contribution in [3.8, 4) is 0 Å². The molecule has 1 saturated heterocycles. The van der Waals surface area contributed by atoms with Crippen molar-refractivity contribution in [2.24, 2.45) is 0 Å². The zero-order valence-corrected chi connectivity index (χ0v) is 13.9. The van der Waals surface area contributed by atoms with E-state index in [1.165, 1.54) is 32.4 Å². The van der Waals surface area contributed by atoms with Crippen LogP contribution in [0.4, 0.5) is 0 Å². The van der Waals surface area contributed by atoms with Gasteiger partial charge in [0.2, 0.25) is 0 Å². The Bertz CT molecular complexity index is 469. The Balaban J connectivity index is 0.000000244. The van der Waals surface area contributed by atoms with Gasteiger partial charge in [0.15, 0.2) is 5.78 Å². The van der Waals surface area contributed by atoms with E-state index in [4.69, 9.17) is 5.11 Å². The van der Waals surface area contributed by atoms with Crippen molar-refractivity contribution >= 4 is 5.78 Å². The second kappa shape index (κ2) is 12.6. The summed E-state index contributed by atoms with van der Waals surface area (Å²) < 4.78 is 0. The zero-order valence-electron chi connectivity index (χ0n) is 13.9. The Kier molecular flexibility index (Phi) is 10.4. The minimum atomic E-state index is 0.0752. The molecule has 3 nitrogen and oxygen atoms in total. The third kappa shape index (κ3) is 8.29. The fourth-order valence-corrected chi connectivity index (χ4v) is 2.15. The van der Waals surface area contributed by atoms with E-state index < -0.39 is 0 Å². The summed E-state index contributed by atoms with van der Waals surface area (Å²) in [6.07, 6.45) is 4.22. The van der Waals surface area contributed by atoms with Gasteiger partial charge in [0.25, 0.3) is 0 Å². The van der Waals surface area contributed by atoms with Crippen LogP contribution < -0.4 is 5.32 Å². The molecule has 1 fully saturated rings. The van der Waals surface area contributed by atoms with Crippen LogP contribution in [0.2, 0.25) is 0 Å². The molecule has 1 heterocycles. The highest BCUT2D eigenvalue weighted by molar-refractivity contribution is 6.08. The largest absolute Gasteiger partial charge is 0.397 e. The molecule has 3 heteroatoms. The Labute approximate surface area is 139 Å². The molecular weight excluding hydrogens is 286 g/mol. The summed E-state index contributed by atoms with van der Waals surface area (Å²) in [5.41, 5.74) is 1.47. The minimum Gasteiger partial charge on any atom is -0.397 e. The summed E-state index contributed by atoms with van der Waals surface area (Å²) in [7, 11) is 0. The first-order valence-electron chi connectivity index (χ1n) is 8.26. The topological polar surface area (TPSA) is 49.3 Å². The first-order chi connectivity index (χ1) is 11.3. The molecule has 0 amide bonds. The lowest BCUT2D eigenvalue weighted by atomic mass is 10.0. The van der Waals surface area contributed by atoms with Crippen molar-refractivity contribution in [3.05, 3.63) is 71.8 Å². The van der Waals surface area contributed by atoms with Crippen LogP contribution in [-0.4, -0.2) is 30.6 Å². The number of aliphatic hydroxyl groups excluding tert-OH is 1. The van der Waals surface area contributed by atoms with Gasteiger partial charge in [0.1, 0.15) is 0 Å². The van der Waals surface area contributed by atoms with E-state index in [1.54, 1.807) is 6.92 Å². The molecule has 0 aliphatic carbocycles. The molecule has 1 aliphatic rings. The van der Waals surface area contributed by atoms with E-state index in [2.05, 4.69) is 5.32 Å². The molecule has 0 radical (unpaired) electrons. The normalized spacial score (nSPS) is 13.0. The highest BCUT2D eigenvalue weighted by Crippen LogP contribution is 2.08. The molecule has 2 aromatic rings. The first-order valence-corrected chi connectivity index (χ1v) is 8.26. The Hall–Kier alpha value is -1.97. The van der Waals surface area contributed by atoms with Crippen LogP contribution in [0.25, 0.3) is 0 Å². The number of piperidine rings is 1. The molecule has 2 aromatic carbocycles. The van der Waals surface area contributed by atoms with Gasteiger partial charge in [-0.25, -0.2) is 0 Å². The number of benzene rings is 2. The molecule has 23 heavy (non-hydrogen) atoms. The van der Waals surface area contributed by atoms with Gasteiger partial charge in [0, 0.05) is 17.7 Å². The lowest BCUT2D eigenvalue weighted by Gasteiger charge is -2.08. The summed E-state index contributed by atoms with van der Waals surface area (Å²) in [5.74, 6) is 0.0752. The molecule has 0 atom stereocenters. The SMILES string of the molecule is C1CCNCC1.CCO.O=C(c1ccccc1)c1ccccc1. The maximum absolute atomic E-state index is 11.8. The maximum Gasteiger partial charge on any atom is 0.193 e. The van der Waals surface area contributed by atoms with E-state index in [0.717, 1.165) is 11.1 Å². The van der Waals surface area contributed by atoms with Crippen molar-refractivity contribution in [1.82, 2.24) is 5.32 Å².